The summed E-state index contributed by atoms with van der Waals surface area (Å²) in [6, 6.07) is 14.5. The molecule has 12 nitrogen and oxygen atoms in total. The molecule has 0 spiro atoms. The topological polar surface area (TPSA) is 135 Å². The molecule has 262 valence electrons. The molecule has 2 saturated heterocycles. The Balaban J connectivity index is 1.22. The van der Waals surface area contributed by atoms with Crippen molar-refractivity contribution in [3.05, 3.63) is 90.1 Å². The number of aromatic nitrogens is 3. The van der Waals surface area contributed by atoms with E-state index in [4.69, 9.17) is 9.47 Å². The smallest absolute Gasteiger partial charge is 0.274 e. The first-order valence-electron chi connectivity index (χ1n) is 17.2. The van der Waals surface area contributed by atoms with E-state index in [-0.39, 0.29) is 53.7 Å². The molecule has 6 rings (SSSR count). The number of benzene rings is 2. The number of ether oxygens (including phenoxy) is 2. The van der Waals surface area contributed by atoms with E-state index in [0.29, 0.717) is 48.8 Å². The van der Waals surface area contributed by atoms with Crippen molar-refractivity contribution < 1.29 is 28.7 Å². The third kappa shape index (κ3) is 7.64. The maximum Gasteiger partial charge on any atom is 0.274 e. The Kier molecular flexibility index (Phi) is 10.4. The third-order valence-electron chi connectivity index (χ3n) is 9.66. The van der Waals surface area contributed by atoms with E-state index >= 15 is 0 Å². The van der Waals surface area contributed by atoms with Gasteiger partial charge >= 0.3 is 0 Å². The van der Waals surface area contributed by atoms with Crippen LogP contribution < -0.4 is 14.8 Å². The van der Waals surface area contributed by atoms with Crippen LogP contribution in [-0.2, 0) is 16.0 Å². The van der Waals surface area contributed by atoms with E-state index in [1.165, 1.54) is 19.6 Å². The van der Waals surface area contributed by atoms with Gasteiger partial charge in [0.05, 0.1) is 31.4 Å². The lowest BCUT2D eigenvalue weighted by Crippen LogP contribution is -2.55. The fourth-order valence-electron chi connectivity index (χ4n) is 7.14. The van der Waals surface area contributed by atoms with Crippen molar-refractivity contribution in [3.8, 4) is 11.5 Å². The summed E-state index contributed by atoms with van der Waals surface area (Å²) in [6.45, 7) is 6.54. The Morgan fingerprint density at radius 2 is 1.72 bits per heavy atom. The summed E-state index contributed by atoms with van der Waals surface area (Å²) in [4.78, 5) is 66.6. The average molecular weight is 681 g/mol. The van der Waals surface area contributed by atoms with Crippen LogP contribution in [0.1, 0.15) is 60.0 Å². The molecule has 2 aromatic heterocycles. The molecule has 1 N–H and O–H groups in total. The quantitative estimate of drug-likeness (QED) is 0.237. The second kappa shape index (κ2) is 15.1. The standard InChI is InChI=1S/C38H44N6O6/c1-24(2)50-33-14-13-27(17-34(33)49-4)37(47)43-19-28-20-44(38(48)32-23-42-16-15-39-18-35(42)40-32)22-30(29(28)21-43)36(46)41-31(25(3)45)12-8-11-26-9-6-5-7-10-26/h5-7,9-10,13-18,23-24,28-31H,8,11-12,19-22H2,1-4H3,(H,41,46)/t28?,29?,30?,31-/m0/s1. The highest BCUT2D eigenvalue weighted by Gasteiger charge is 2.48. The first-order valence-corrected chi connectivity index (χ1v) is 17.2. The minimum atomic E-state index is -0.653. The molecule has 3 unspecified atom stereocenters. The van der Waals surface area contributed by atoms with Crippen molar-refractivity contribution in [2.75, 3.05) is 33.3 Å². The number of hydrogen-bond acceptors (Lipinski definition) is 8. The number of likely N-dealkylation sites (tertiary alicyclic amines) is 2. The maximum atomic E-state index is 14.1. The number of methoxy groups -OCH3 is 1. The summed E-state index contributed by atoms with van der Waals surface area (Å²) < 4.78 is 13.1. The number of nitrogens with one attached hydrogen (secondary N) is 1. The van der Waals surface area contributed by atoms with Crippen LogP contribution >= 0.6 is 0 Å². The second-order valence-corrected chi connectivity index (χ2v) is 13.5. The van der Waals surface area contributed by atoms with Crippen LogP contribution in [0.25, 0.3) is 5.65 Å². The number of piperidine rings is 1. The Morgan fingerprint density at radius 3 is 2.42 bits per heavy atom. The van der Waals surface area contributed by atoms with E-state index in [0.717, 1.165) is 12.8 Å². The number of fused-ring (bicyclic) bond motifs is 2. The number of ketones is 1. The number of hydrogen-bond donors (Lipinski definition) is 1. The third-order valence-corrected chi connectivity index (χ3v) is 9.66. The van der Waals surface area contributed by atoms with Gasteiger partial charge in [0.2, 0.25) is 5.91 Å². The zero-order chi connectivity index (χ0) is 35.4. The summed E-state index contributed by atoms with van der Waals surface area (Å²) in [5.74, 6) is -0.906. The van der Waals surface area contributed by atoms with Gasteiger partial charge in [-0.15, -0.1) is 0 Å². The molecular weight excluding hydrogens is 636 g/mol. The largest absolute Gasteiger partial charge is 0.493 e. The van der Waals surface area contributed by atoms with Gasteiger partial charge in [0.25, 0.3) is 11.8 Å². The van der Waals surface area contributed by atoms with Gasteiger partial charge in [0.1, 0.15) is 5.69 Å². The van der Waals surface area contributed by atoms with E-state index in [1.54, 1.807) is 57.2 Å². The van der Waals surface area contributed by atoms with Gasteiger partial charge in [-0.1, -0.05) is 30.3 Å². The summed E-state index contributed by atoms with van der Waals surface area (Å²) >= 11 is 0. The summed E-state index contributed by atoms with van der Waals surface area (Å²) in [5.41, 5.74) is 2.40. The second-order valence-electron chi connectivity index (χ2n) is 13.5. The first-order chi connectivity index (χ1) is 24.1. The molecule has 0 aliphatic carbocycles. The molecule has 2 fully saturated rings. The van der Waals surface area contributed by atoms with Crippen molar-refractivity contribution in [1.29, 1.82) is 0 Å². The fourth-order valence-corrected chi connectivity index (χ4v) is 7.14. The van der Waals surface area contributed by atoms with Gasteiger partial charge < -0.3 is 29.0 Å². The molecule has 0 bridgehead atoms. The summed E-state index contributed by atoms with van der Waals surface area (Å²) in [7, 11) is 1.53. The maximum absolute atomic E-state index is 14.1. The van der Waals surface area contributed by atoms with E-state index in [9.17, 15) is 19.2 Å². The molecular formula is C38H44N6O6. The van der Waals surface area contributed by atoms with Gasteiger partial charge in [0, 0.05) is 50.3 Å². The van der Waals surface area contributed by atoms with Crippen LogP contribution in [0.2, 0.25) is 0 Å². The number of aryl methyl sites for hydroxylation is 1. The zero-order valence-corrected chi connectivity index (χ0v) is 29.0. The molecule has 2 aromatic carbocycles. The molecule has 4 heterocycles. The lowest BCUT2D eigenvalue weighted by molar-refractivity contribution is -0.132. The van der Waals surface area contributed by atoms with Crippen molar-refractivity contribution in [2.45, 2.75) is 52.2 Å². The van der Waals surface area contributed by atoms with Gasteiger partial charge in [0.15, 0.2) is 22.9 Å². The number of carbonyl (C=O) groups is 4. The molecule has 0 saturated carbocycles. The van der Waals surface area contributed by atoms with Crippen molar-refractivity contribution >= 4 is 29.2 Å². The normalized spacial score (nSPS) is 19.3. The zero-order valence-electron chi connectivity index (χ0n) is 29.0. The van der Waals surface area contributed by atoms with Gasteiger partial charge in [-0.05, 0) is 75.6 Å². The Bertz CT molecular complexity index is 1830. The number of amides is 3. The van der Waals surface area contributed by atoms with Crippen LogP contribution in [0.4, 0.5) is 0 Å². The average Bonchev–Trinajstić information content (AvgIpc) is 3.75. The predicted molar refractivity (Wildman–Crippen MR) is 186 cm³/mol. The summed E-state index contributed by atoms with van der Waals surface area (Å²) in [5, 5.41) is 3.03. The number of carbonyl (C=O) groups excluding carboxylic acids is 4. The predicted octanol–water partition coefficient (Wildman–Crippen LogP) is 4.08. The fraction of sp³-hybridized carbons (Fsp3) is 0.421. The molecule has 3 amide bonds. The van der Waals surface area contributed by atoms with Gasteiger partial charge in [-0.3, -0.25) is 24.2 Å². The monoisotopic (exact) mass is 680 g/mol. The highest BCUT2D eigenvalue weighted by molar-refractivity contribution is 5.96. The number of rotatable bonds is 12. The van der Waals surface area contributed by atoms with Crippen LogP contribution in [-0.4, -0.2) is 93.1 Å². The van der Waals surface area contributed by atoms with Crippen molar-refractivity contribution in [1.82, 2.24) is 29.5 Å². The molecule has 0 radical (unpaired) electrons. The number of Topliss-reactive ketones (excluding diaryl/α,β-unsaturated/α-hetero) is 1. The van der Waals surface area contributed by atoms with Crippen molar-refractivity contribution in [3.63, 3.8) is 0 Å². The Morgan fingerprint density at radius 1 is 0.960 bits per heavy atom. The molecule has 4 atom stereocenters. The van der Waals surface area contributed by atoms with E-state index in [2.05, 4.69) is 15.3 Å². The van der Waals surface area contributed by atoms with Gasteiger partial charge in [-0.2, -0.15) is 0 Å². The van der Waals surface area contributed by atoms with Crippen molar-refractivity contribution in [2.24, 2.45) is 17.8 Å². The molecule has 2 aliphatic heterocycles. The first kappa shape index (κ1) is 34.6. The van der Waals surface area contributed by atoms with E-state index < -0.39 is 12.0 Å². The highest BCUT2D eigenvalue weighted by atomic mass is 16.5. The molecule has 2 aliphatic rings. The lowest BCUT2D eigenvalue weighted by atomic mass is 9.79. The van der Waals surface area contributed by atoms with Crippen LogP contribution in [0, 0.1) is 17.8 Å². The van der Waals surface area contributed by atoms with Crippen LogP contribution in [0.3, 0.4) is 0 Å². The Labute approximate surface area is 291 Å². The molecule has 50 heavy (non-hydrogen) atoms. The Hall–Kier alpha value is -5.26. The number of imidazole rings is 1. The molecule has 12 heteroatoms. The SMILES string of the molecule is COc1cc(C(=O)N2CC3CN(C(=O)c4cn5ccncc5n4)CC(C(=O)N[C@@H](CCCc4ccccc4)C(C)=O)C3C2)ccc1OC(C)C. The molecule has 4 aromatic rings. The lowest BCUT2D eigenvalue weighted by Gasteiger charge is -2.39. The van der Waals surface area contributed by atoms with E-state index in [1.807, 2.05) is 44.2 Å². The minimum absolute atomic E-state index is 0.0652. The van der Waals surface area contributed by atoms with Crippen LogP contribution in [0.15, 0.2) is 73.3 Å². The van der Waals surface area contributed by atoms with Crippen LogP contribution in [0.5, 0.6) is 11.5 Å². The van der Waals surface area contributed by atoms with Gasteiger partial charge in [-0.25, -0.2) is 4.98 Å². The summed E-state index contributed by atoms with van der Waals surface area (Å²) in [6.07, 6.45) is 8.52. The highest BCUT2D eigenvalue weighted by Crippen LogP contribution is 2.38. The minimum Gasteiger partial charge on any atom is -0.493 e. The number of nitrogens with zero attached hydrogens (tertiary/aromatic N) is 5.